The summed E-state index contributed by atoms with van der Waals surface area (Å²) < 4.78 is 0. The van der Waals surface area contributed by atoms with E-state index in [-0.39, 0.29) is 0 Å². The minimum Gasteiger partial charge on any atom is -0.0817 e. The molecule has 0 nitrogen and oxygen atoms in total. The maximum atomic E-state index is 2.29. The van der Waals surface area contributed by atoms with Crippen molar-refractivity contribution in [2.45, 2.75) is 40.5 Å². The van der Waals surface area contributed by atoms with Crippen LogP contribution in [0, 0.1) is 11.8 Å². The van der Waals surface area contributed by atoms with Gasteiger partial charge in [-0.3, -0.25) is 0 Å². The second-order valence-corrected chi connectivity index (χ2v) is 10.4. The van der Waals surface area contributed by atoms with E-state index in [0.717, 1.165) is 11.8 Å². The van der Waals surface area contributed by atoms with Gasteiger partial charge in [-0.15, -0.1) is 0 Å². The fraction of sp³-hybridized carbons (Fsp3) is 1.00. The van der Waals surface area contributed by atoms with Gasteiger partial charge < -0.3 is 0 Å². The molecule has 0 aromatic rings. The lowest BCUT2D eigenvalue weighted by Crippen LogP contribution is -1.87. The Morgan fingerprint density at radius 1 is 0.714 bits per heavy atom. The molecule has 0 aliphatic heterocycles. The van der Waals surface area contributed by atoms with Crippen LogP contribution in [0.5, 0.6) is 0 Å². The molecule has 0 N–H and O–H groups in total. The van der Waals surface area contributed by atoms with E-state index in [1.54, 1.807) is 0 Å². The summed E-state index contributed by atoms with van der Waals surface area (Å²) in [5, 5.41) is 0. The van der Waals surface area contributed by atoms with Crippen molar-refractivity contribution in [1.82, 2.24) is 0 Å². The molecule has 0 saturated heterocycles. The van der Waals surface area contributed by atoms with Gasteiger partial charge in [0.05, 0.1) is 0 Å². The van der Waals surface area contributed by atoms with E-state index < -0.39 is 0 Å². The predicted molar refractivity (Wildman–Crippen MR) is 79.0 cm³/mol. The van der Waals surface area contributed by atoms with E-state index >= 15 is 0 Å². The van der Waals surface area contributed by atoms with Gasteiger partial charge in [0.15, 0.2) is 0 Å². The van der Waals surface area contributed by atoms with Gasteiger partial charge in [0.1, 0.15) is 0 Å². The van der Waals surface area contributed by atoms with Gasteiger partial charge >= 0.3 is 0 Å². The normalized spacial score (nSPS) is 11.6. The van der Waals surface area contributed by atoms with Crippen molar-refractivity contribution in [1.29, 1.82) is 0 Å². The summed E-state index contributed by atoms with van der Waals surface area (Å²) in [6.45, 7) is 9.15. The molecule has 0 fully saturated rings. The molecule has 0 spiro atoms. The van der Waals surface area contributed by atoms with Gasteiger partial charge in [-0.25, -0.2) is 0 Å². The maximum absolute atomic E-state index is 2.29. The van der Waals surface area contributed by atoms with Crippen molar-refractivity contribution in [3.05, 3.63) is 0 Å². The summed E-state index contributed by atoms with van der Waals surface area (Å²) >= 11 is 0. The Labute approximate surface area is 105 Å². The van der Waals surface area contributed by atoms with Crippen LogP contribution in [0.3, 0.4) is 0 Å². The predicted octanol–water partition coefficient (Wildman–Crippen LogP) is 5.76. The smallest absolute Gasteiger partial charge is 0.00478 e. The highest BCUT2D eigenvalue weighted by molar-refractivity contribution is 9.26. The number of rotatable bonds is 9. The Hall–Kier alpha value is 1.40. The summed E-state index contributed by atoms with van der Waals surface area (Å²) in [7, 11) is 7.88. The molecule has 0 aromatic heterocycles. The molecule has 0 radical (unpaired) electrons. The third-order valence-corrected chi connectivity index (χ3v) is 8.21. The molecule has 0 heterocycles. The Kier molecular flexibility index (Phi) is 12.0. The van der Waals surface area contributed by atoms with Crippen molar-refractivity contribution < 1.29 is 0 Å². The Bertz CT molecular complexity index is 101. The van der Waals surface area contributed by atoms with E-state index in [2.05, 4.69) is 27.7 Å². The standard InChI is InChI=1S/C10H22S4/c1-9(2)5-7-11-13-14-12-8-6-10(3)4/h9-10H,5-8H2,1-4H3. The van der Waals surface area contributed by atoms with Crippen molar-refractivity contribution >= 4 is 41.2 Å². The third kappa shape index (κ3) is 13.4. The molecular formula is C10H22S4. The minimum atomic E-state index is 0.849. The van der Waals surface area contributed by atoms with Crippen LogP contribution in [0.2, 0.25) is 0 Å². The molecule has 0 atom stereocenters. The highest BCUT2D eigenvalue weighted by Crippen LogP contribution is 2.43. The molecule has 0 rings (SSSR count). The molecule has 0 aromatic carbocycles. The lowest BCUT2D eigenvalue weighted by Gasteiger charge is -2.04. The van der Waals surface area contributed by atoms with Crippen molar-refractivity contribution in [3.8, 4) is 0 Å². The second kappa shape index (κ2) is 10.9. The minimum absolute atomic E-state index is 0.849. The first-order valence-corrected chi connectivity index (χ1v) is 10.4. The quantitative estimate of drug-likeness (QED) is 0.386. The van der Waals surface area contributed by atoms with Gasteiger partial charge in [-0.1, -0.05) is 49.3 Å². The zero-order valence-corrected chi connectivity index (χ0v) is 12.9. The zero-order chi connectivity index (χ0) is 10.8. The first kappa shape index (κ1) is 15.4. The Morgan fingerprint density at radius 3 is 1.36 bits per heavy atom. The zero-order valence-electron chi connectivity index (χ0n) is 9.62. The van der Waals surface area contributed by atoms with Gasteiger partial charge in [0.2, 0.25) is 0 Å². The highest BCUT2D eigenvalue weighted by Gasteiger charge is 1.97. The van der Waals surface area contributed by atoms with E-state index in [4.69, 9.17) is 0 Å². The molecule has 0 saturated carbocycles. The van der Waals surface area contributed by atoms with Crippen LogP contribution in [0.25, 0.3) is 0 Å². The molecule has 86 valence electrons. The maximum Gasteiger partial charge on any atom is 0.00478 e. The van der Waals surface area contributed by atoms with Crippen molar-refractivity contribution in [2.75, 3.05) is 11.5 Å². The third-order valence-electron chi connectivity index (χ3n) is 1.68. The molecule has 14 heavy (non-hydrogen) atoms. The Balaban J connectivity index is 2.92. The average molecular weight is 271 g/mol. The van der Waals surface area contributed by atoms with Crippen LogP contribution in [-0.2, 0) is 0 Å². The van der Waals surface area contributed by atoms with Gasteiger partial charge in [-0.05, 0) is 44.3 Å². The molecule has 0 unspecified atom stereocenters. The number of hydrogen-bond donors (Lipinski definition) is 0. The fourth-order valence-electron chi connectivity index (χ4n) is 0.675. The van der Waals surface area contributed by atoms with E-state index in [1.165, 1.54) is 24.3 Å². The summed E-state index contributed by atoms with van der Waals surface area (Å²) in [4.78, 5) is 0. The topological polar surface area (TPSA) is 0 Å². The van der Waals surface area contributed by atoms with Crippen LogP contribution < -0.4 is 0 Å². The van der Waals surface area contributed by atoms with Crippen LogP contribution in [0.4, 0.5) is 0 Å². The lowest BCUT2D eigenvalue weighted by molar-refractivity contribution is 0.632. The molecule has 4 heteroatoms. The second-order valence-electron chi connectivity index (χ2n) is 4.15. The van der Waals surface area contributed by atoms with Crippen LogP contribution in [0.1, 0.15) is 40.5 Å². The monoisotopic (exact) mass is 270 g/mol. The van der Waals surface area contributed by atoms with Crippen LogP contribution >= 0.6 is 41.2 Å². The first-order valence-electron chi connectivity index (χ1n) is 5.20. The van der Waals surface area contributed by atoms with Gasteiger partial charge in [0.25, 0.3) is 0 Å². The van der Waals surface area contributed by atoms with Crippen LogP contribution in [-0.4, -0.2) is 11.5 Å². The van der Waals surface area contributed by atoms with Gasteiger partial charge in [0, 0.05) is 11.5 Å². The molecule has 0 aliphatic carbocycles. The molecule has 0 bridgehead atoms. The van der Waals surface area contributed by atoms with Gasteiger partial charge in [-0.2, -0.15) is 0 Å². The van der Waals surface area contributed by atoms with Crippen molar-refractivity contribution in [2.24, 2.45) is 11.8 Å². The Morgan fingerprint density at radius 2 is 1.07 bits per heavy atom. The van der Waals surface area contributed by atoms with Crippen molar-refractivity contribution in [3.63, 3.8) is 0 Å². The highest BCUT2D eigenvalue weighted by atomic mass is 33.7. The van der Waals surface area contributed by atoms with E-state index in [0.29, 0.717) is 0 Å². The summed E-state index contributed by atoms with van der Waals surface area (Å²) in [5.74, 6) is 4.28. The summed E-state index contributed by atoms with van der Waals surface area (Å²) in [5.41, 5.74) is 0. The average Bonchev–Trinajstić information content (AvgIpc) is 2.08. The largest absolute Gasteiger partial charge is 0.0817 e. The fourth-order valence-corrected chi connectivity index (χ4v) is 7.30. The van der Waals surface area contributed by atoms with E-state index in [1.807, 2.05) is 41.2 Å². The summed E-state index contributed by atoms with van der Waals surface area (Å²) in [6, 6.07) is 0. The molecule has 0 aliphatic rings. The lowest BCUT2D eigenvalue weighted by atomic mass is 10.2. The van der Waals surface area contributed by atoms with E-state index in [9.17, 15) is 0 Å². The SMILES string of the molecule is CC(C)CCSSSSCCC(C)C. The number of hydrogen-bond acceptors (Lipinski definition) is 4. The first-order chi connectivity index (χ1) is 6.63. The van der Waals surface area contributed by atoms with Crippen LogP contribution in [0.15, 0.2) is 0 Å². The molecular weight excluding hydrogens is 248 g/mol. The molecule has 0 amide bonds. The summed E-state index contributed by atoms with van der Waals surface area (Å²) in [6.07, 6.45) is 2.68.